The molecule has 0 bridgehead atoms. The summed E-state index contributed by atoms with van der Waals surface area (Å²) in [6.07, 6.45) is 0. The van der Waals surface area contributed by atoms with Gasteiger partial charge in [-0.15, -0.1) is 0 Å². The number of hydrogen-bond donors (Lipinski definition) is 1. The number of nitro groups is 1. The zero-order chi connectivity index (χ0) is 13.5. The topological polar surface area (TPSA) is 93.8 Å². The molecule has 1 N–H and O–H groups in total. The molecule has 0 aliphatic rings. The summed E-state index contributed by atoms with van der Waals surface area (Å²) in [6, 6.07) is 5.69. The highest BCUT2D eigenvalue weighted by Crippen LogP contribution is 2.15. The molecule has 0 spiro atoms. The van der Waals surface area contributed by atoms with Gasteiger partial charge in [0.1, 0.15) is 5.71 Å². The lowest BCUT2D eigenvalue weighted by Crippen LogP contribution is -2.15. The molecule has 0 saturated heterocycles. The molecule has 7 nitrogen and oxygen atoms in total. The number of non-ortho nitro benzene ring substituents is 1. The number of carbonyl (C=O) groups is 1. The van der Waals surface area contributed by atoms with Crippen molar-refractivity contribution in [1.82, 2.24) is 0 Å². The Kier molecular flexibility index (Phi) is 4.79. The second-order valence-corrected chi connectivity index (χ2v) is 3.33. The molecule has 7 heteroatoms. The summed E-state index contributed by atoms with van der Waals surface area (Å²) >= 11 is 0. The van der Waals surface area contributed by atoms with Gasteiger partial charge in [0, 0.05) is 12.1 Å². The van der Waals surface area contributed by atoms with Crippen LogP contribution in [-0.4, -0.2) is 23.2 Å². The molecule has 0 atom stereocenters. The first kappa shape index (κ1) is 13.6. The van der Waals surface area contributed by atoms with Gasteiger partial charge in [-0.05, 0) is 26.0 Å². The van der Waals surface area contributed by atoms with Crippen LogP contribution in [0.2, 0.25) is 0 Å². The van der Waals surface area contributed by atoms with Crippen LogP contribution in [0.3, 0.4) is 0 Å². The third-order valence-electron chi connectivity index (χ3n) is 2.00. The summed E-state index contributed by atoms with van der Waals surface area (Å²) < 4.78 is 4.74. The maximum Gasteiger partial charge on any atom is 0.354 e. The fourth-order valence-corrected chi connectivity index (χ4v) is 1.09. The molecule has 0 saturated carbocycles. The van der Waals surface area contributed by atoms with Crippen LogP contribution in [0.15, 0.2) is 29.4 Å². The Hall–Kier alpha value is -2.44. The van der Waals surface area contributed by atoms with Gasteiger partial charge >= 0.3 is 5.97 Å². The normalized spacial score (nSPS) is 10.9. The fraction of sp³-hybridized carbons (Fsp3) is 0.273. The highest BCUT2D eigenvalue weighted by molar-refractivity contribution is 6.35. The van der Waals surface area contributed by atoms with E-state index in [0.717, 1.165) is 0 Å². The predicted octanol–water partition coefficient (Wildman–Crippen LogP) is 1.95. The van der Waals surface area contributed by atoms with Gasteiger partial charge in [-0.2, -0.15) is 5.10 Å². The van der Waals surface area contributed by atoms with Crippen molar-refractivity contribution >= 4 is 23.1 Å². The Morgan fingerprint density at radius 1 is 1.44 bits per heavy atom. The van der Waals surface area contributed by atoms with Crippen molar-refractivity contribution in [2.24, 2.45) is 5.10 Å². The van der Waals surface area contributed by atoms with Gasteiger partial charge in [-0.3, -0.25) is 15.5 Å². The van der Waals surface area contributed by atoms with Crippen molar-refractivity contribution in [3.05, 3.63) is 34.4 Å². The standard InChI is InChI=1S/C11H13N3O4/c1-3-18-11(15)8(2)12-13-9-4-6-10(7-5-9)14(16)17/h4-7,13H,3H2,1-2H3/b12-8+. The number of rotatable bonds is 5. The Labute approximate surface area is 104 Å². The van der Waals surface area contributed by atoms with E-state index in [1.54, 1.807) is 6.92 Å². The summed E-state index contributed by atoms with van der Waals surface area (Å²) in [5.74, 6) is -0.507. The molecule has 0 heterocycles. The quantitative estimate of drug-likeness (QED) is 0.373. The molecule has 0 aliphatic carbocycles. The van der Waals surface area contributed by atoms with E-state index in [0.29, 0.717) is 5.69 Å². The molecule has 0 aromatic heterocycles. The number of esters is 1. The molecule has 0 fully saturated rings. The van der Waals surface area contributed by atoms with Crippen molar-refractivity contribution < 1.29 is 14.5 Å². The average Bonchev–Trinajstić information content (AvgIpc) is 2.36. The van der Waals surface area contributed by atoms with Crippen molar-refractivity contribution in [3.63, 3.8) is 0 Å². The number of benzene rings is 1. The number of anilines is 1. The number of ether oxygens (including phenoxy) is 1. The molecule has 1 aromatic rings. The fourth-order valence-electron chi connectivity index (χ4n) is 1.09. The number of hydrazone groups is 1. The minimum atomic E-state index is -0.507. The van der Waals surface area contributed by atoms with Crippen LogP contribution in [0.1, 0.15) is 13.8 Å². The highest BCUT2D eigenvalue weighted by Gasteiger charge is 2.06. The first-order valence-corrected chi connectivity index (χ1v) is 5.26. The number of carbonyl (C=O) groups excluding carboxylic acids is 1. The maximum absolute atomic E-state index is 11.2. The van der Waals surface area contributed by atoms with Gasteiger partial charge in [0.25, 0.3) is 5.69 Å². The van der Waals surface area contributed by atoms with E-state index in [1.165, 1.54) is 31.2 Å². The number of nitrogens with zero attached hydrogens (tertiary/aromatic N) is 2. The Bertz CT molecular complexity index is 468. The molecule has 1 aromatic carbocycles. The van der Waals surface area contributed by atoms with E-state index in [1.807, 2.05) is 0 Å². The molecule has 0 amide bonds. The summed E-state index contributed by atoms with van der Waals surface area (Å²) in [7, 11) is 0. The van der Waals surface area contributed by atoms with Crippen molar-refractivity contribution in [3.8, 4) is 0 Å². The van der Waals surface area contributed by atoms with Crippen molar-refractivity contribution in [1.29, 1.82) is 0 Å². The monoisotopic (exact) mass is 251 g/mol. The Morgan fingerprint density at radius 3 is 2.56 bits per heavy atom. The van der Waals surface area contributed by atoms with E-state index >= 15 is 0 Å². The van der Waals surface area contributed by atoms with E-state index in [2.05, 4.69) is 10.5 Å². The minimum absolute atomic E-state index is 0.00774. The van der Waals surface area contributed by atoms with Gasteiger partial charge in [0.15, 0.2) is 0 Å². The van der Waals surface area contributed by atoms with Crippen LogP contribution >= 0.6 is 0 Å². The minimum Gasteiger partial charge on any atom is -0.461 e. The summed E-state index contributed by atoms with van der Waals surface area (Å²) in [5.41, 5.74) is 3.33. The average molecular weight is 251 g/mol. The number of hydrogen-bond acceptors (Lipinski definition) is 6. The lowest BCUT2D eigenvalue weighted by atomic mass is 10.3. The second-order valence-electron chi connectivity index (χ2n) is 3.33. The van der Waals surface area contributed by atoms with Crippen LogP contribution in [0.5, 0.6) is 0 Å². The number of nitrogens with one attached hydrogen (secondary N) is 1. The van der Waals surface area contributed by atoms with Gasteiger partial charge in [-0.1, -0.05) is 0 Å². The highest BCUT2D eigenvalue weighted by atomic mass is 16.6. The van der Waals surface area contributed by atoms with E-state index < -0.39 is 10.9 Å². The summed E-state index contributed by atoms with van der Waals surface area (Å²) in [5, 5.41) is 14.2. The lowest BCUT2D eigenvalue weighted by Gasteiger charge is -2.02. The first-order valence-electron chi connectivity index (χ1n) is 5.26. The number of nitro benzene ring substituents is 1. The van der Waals surface area contributed by atoms with Crippen LogP contribution < -0.4 is 5.43 Å². The first-order chi connectivity index (χ1) is 8.54. The molecular formula is C11H13N3O4. The Morgan fingerprint density at radius 2 is 2.06 bits per heavy atom. The smallest absolute Gasteiger partial charge is 0.354 e. The predicted molar refractivity (Wildman–Crippen MR) is 66.5 cm³/mol. The van der Waals surface area contributed by atoms with Gasteiger partial charge < -0.3 is 4.74 Å². The largest absolute Gasteiger partial charge is 0.461 e. The molecular weight excluding hydrogens is 238 g/mol. The SMILES string of the molecule is CCOC(=O)/C(C)=N/Nc1ccc([N+](=O)[O-])cc1. The van der Waals surface area contributed by atoms with Crippen molar-refractivity contribution in [2.45, 2.75) is 13.8 Å². The summed E-state index contributed by atoms with van der Waals surface area (Å²) in [4.78, 5) is 21.2. The van der Waals surface area contributed by atoms with E-state index in [-0.39, 0.29) is 18.0 Å². The summed E-state index contributed by atoms with van der Waals surface area (Å²) in [6.45, 7) is 3.49. The van der Waals surface area contributed by atoms with Gasteiger partial charge in [-0.25, -0.2) is 4.79 Å². The molecule has 1 rings (SSSR count). The lowest BCUT2D eigenvalue weighted by molar-refractivity contribution is -0.384. The maximum atomic E-state index is 11.2. The molecule has 0 unspecified atom stereocenters. The molecule has 18 heavy (non-hydrogen) atoms. The third kappa shape index (κ3) is 3.85. The van der Waals surface area contributed by atoms with Crippen LogP contribution in [0.4, 0.5) is 11.4 Å². The molecule has 96 valence electrons. The van der Waals surface area contributed by atoms with Gasteiger partial charge in [0.2, 0.25) is 0 Å². The van der Waals surface area contributed by atoms with E-state index in [9.17, 15) is 14.9 Å². The van der Waals surface area contributed by atoms with Gasteiger partial charge in [0.05, 0.1) is 17.2 Å². The Balaban J connectivity index is 2.65. The zero-order valence-electron chi connectivity index (χ0n) is 10.0. The van der Waals surface area contributed by atoms with Crippen molar-refractivity contribution in [2.75, 3.05) is 12.0 Å². The zero-order valence-corrected chi connectivity index (χ0v) is 10.0. The van der Waals surface area contributed by atoms with Crippen LogP contribution in [-0.2, 0) is 9.53 Å². The second kappa shape index (κ2) is 6.33. The van der Waals surface area contributed by atoms with Crippen LogP contribution in [0, 0.1) is 10.1 Å². The molecule has 0 radical (unpaired) electrons. The molecule has 0 aliphatic heterocycles. The van der Waals surface area contributed by atoms with E-state index in [4.69, 9.17) is 4.74 Å². The third-order valence-corrected chi connectivity index (χ3v) is 2.00. The van der Waals surface area contributed by atoms with Crippen LogP contribution in [0.25, 0.3) is 0 Å².